The minimum atomic E-state index is -2.55. The summed E-state index contributed by atoms with van der Waals surface area (Å²) in [6, 6.07) is 4.95. The van der Waals surface area contributed by atoms with E-state index >= 15 is 0 Å². The van der Waals surface area contributed by atoms with Crippen LogP contribution in [0, 0.1) is 6.92 Å². The molecule has 1 N–H and O–H groups in total. The van der Waals surface area contributed by atoms with E-state index in [4.69, 9.17) is 4.74 Å². The highest BCUT2D eigenvalue weighted by Gasteiger charge is 2.38. The molecule has 20 heavy (non-hydrogen) atoms. The van der Waals surface area contributed by atoms with Crippen LogP contribution in [0.15, 0.2) is 18.2 Å². The Labute approximate surface area is 116 Å². The molecule has 1 aromatic rings. The average molecular weight is 284 g/mol. The zero-order valence-corrected chi connectivity index (χ0v) is 11.7. The molecular formula is C14H18F2N2O2. The van der Waals surface area contributed by atoms with Crippen LogP contribution in [-0.2, 0) is 4.79 Å². The molecule has 2 atom stereocenters. The van der Waals surface area contributed by atoms with Gasteiger partial charge >= 0.3 is 0 Å². The minimum absolute atomic E-state index is 0.302. The molecule has 0 spiro atoms. The van der Waals surface area contributed by atoms with Gasteiger partial charge in [-0.3, -0.25) is 10.1 Å². The number of nitrogens with one attached hydrogen (secondary N) is 1. The van der Waals surface area contributed by atoms with Gasteiger partial charge in [0.2, 0.25) is 5.91 Å². The third-order valence-electron chi connectivity index (χ3n) is 3.44. The summed E-state index contributed by atoms with van der Waals surface area (Å²) in [6.45, 7) is 2.99. The minimum Gasteiger partial charge on any atom is -0.496 e. The molecule has 4 nitrogen and oxygen atoms in total. The Balaban J connectivity index is 2.29. The van der Waals surface area contributed by atoms with Crippen molar-refractivity contribution < 1.29 is 18.3 Å². The van der Waals surface area contributed by atoms with E-state index in [9.17, 15) is 13.6 Å². The van der Waals surface area contributed by atoms with E-state index in [1.165, 1.54) is 4.90 Å². The first-order valence-electron chi connectivity index (χ1n) is 6.43. The van der Waals surface area contributed by atoms with Crippen molar-refractivity contribution in [3.63, 3.8) is 0 Å². The first-order chi connectivity index (χ1) is 9.43. The summed E-state index contributed by atoms with van der Waals surface area (Å²) in [7, 11) is 1.57. The number of carbonyl (C=O) groups excluding carboxylic acids is 1. The number of aryl methyl sites for hydroxylation is 1. The third-order valence-corrected chi connectivity index (χ3v) is 3.44. The Morgan fingerprint density at radius 3 is 2.70 bits per heavy atom. The van der Waals surface area contributed by atoms with Crippen LogP contribution < -0.4 is 10.1 Å². The van der Waals surface area contributed by atoms with E-state index in [0.29, 0.717) is 0 Å². The second-order valence-electron chi connectivity index (χ2n) is 4.90. The Morgan fingerprint density at radius 1 is 1.45 bits per heavy atom. The van der Waals surface area contributed by atoms with Crippen molar-refractivity contribution in [1.82, 2.24) is 10.2 Å². The van der Waals surface area contributed by atoms with E-state index in [0.717, 1.165) is 16.9 Å². The molecule has 1 amide bonds. The fourth-order valence-electron chi connectivity index (χ4n) is 2.47. The Bertz CT molecular complexity index is 508. The predicted octanol–water partition coefficient (Wildman–Crippen LogP) is 2.09. The van der Waals surface area contributed by atoms with Gasteiger partial charge in [-0.15, -0.1) is 0 Å². The number of methoxy groups -OCH3 is 1. The number of hydrogen-bond donors (Lipinski definition) is 1. The molecule has 1 saturated heterocycles. The number of nitrogens with zero attached hydrogens (tertiary/aromatic N) is 1. The van der Waals surface area contributed by atoms with Gasteiger partial charge in [-0.25, -0.2) is 8.78 Å². The second kappa shape index (κ2) is 5.75. The van der Waals surface area contributed by atoms with E-state index in [-0.39, 0.29) is 5.91 Å². The molecule has 0 bridgehead atoms. The lowest BCUT2D eigenvalue weighted by Gasteiger charge is -2.24. The molecule has 6 heteroatoms. The standard InChI is InChI=1S/C14H18F2N2O2/c1-8-6-10(4-5-11(8)20-3)13-17-9(2)14(19)18(13)7-12(15)16/h4-6,9,12-13,17H,7H2,1-3H3. The van der Waals surface area contributed by atoms with Gasteiger partial charge in [-0.1, -0.05) is 6.07 Å². The molecule has 0 aliphatic carbocycles. The maximum atomic E-state index is 12.6. The second-order valence-corrected chi connectivity index (χ2v) is 4.90. The summed E-state index contributed by atoms with van der Waals surface area (Å²) in [5, 5.41) is 3.04. The number of carbonyl (C=O) groups is 1. The molecule has 1 aliphatic heterocycles. The highest BCUT2D eigenvalue weighted by Crippen LogP contribution is 2.29. The molecule has 0 aromatic heterocycles. The summed E-state index contributed by atoms with van der Waals surface area (Å²) in [4.78, 5) is 13.1. The van der Waals surface area contributed by atoms with Crippen molar-refractivity contribution >= 4 is 5.91 Å². The predicted molar refractivity (Wildman–Crippen MR) is 70.8 cm³/mol. The highest BCUT2D eigenvalue weighted by atomic mass is 19.3. The van der Waals surface area contributed by atoms with Crippen molar-refractivity contribution in [2.45, 2.75) is 32.5 Å². The normalized spacial score (nSPS) is 22.7. The van der Waals surface area contributed by atoms with Crippen LogP contribution in [-0.4, -0.2) is 36.9 Å². The van der Waals surface area contributed by atoms with E-state index in [1.807, 2.05) is 13.0 Å². The Hall–Kier alpha value is -1.69. The molecular weight excluding hydrogens is 266 g/mol. The van der Waals surface area contributed by atoms with Crippen LogP contribution in [0.25, 0.3) is 0 Å². The molecule has 1 fully saturated rings. The fourth-order valence-corrected chi connectivity index (χ4v) is 2.47. The summed E-state index contributed by atoms with van der Waals surface area (Å²) in [6.07, 6.45) is -3.07. The number of alkyl halides is 2. The Kier molecular flexibility index (Phi) is 4.23. The monoisotopic (exact) mass is 284 g/mol. The fraction of sp³-hybridized carbons (Fsp3) is 0.500. The summed E-state index contributed by atoms with van der Waals surface area (Å²) >= 11 is 0. The number of benzene rings is 1. The van der Waals surface area contributed by atoms with E-state index < -0.39 is 25.2 Å². The maximum absolute atomic E-state index is 12.6. The zero-order chi connectivity index (χ0) is 14.9. The number of hydrogen-bond acceptors (Lipinski definition) is 3. The van der Waals surface area contributed by atoms with Crippen LogP contribution in [0.4, 0.5) is 8.78 Å². The quantitative estimate of drug-likeness (QED) is 0.920. The molecule has 2 unspecified atom stereocenters. The van der Waals surface area contributed by atoms with Gasteiger partial charge < -0.3 is 9.64 Å². The average Bonchev–Trinajstić information content (AvgIpc) is 2.66. The summed E-state index contributed by atoms with van der Waals surface area (Å²) in [5.41, 5.74) is 1.68. The van der Waals surface area contributed by atoms with Gasteiger partial charge in [-0.2, -0.15) is 0 Å². The molecule has 1 heterocycles. The number of halogens is 2. The SMILES string of the molecule is COc1ccc(C2NC(C)C(=O)N2CC(F)F)cc1C. The third kappa shape index (κ3) is 2.75. The van der Waals surface area contributed by atoms with Crippen LogP contribution >= 0.6 is 0 Å². The number of ether oxygens (including phenoxy) is 1. The largest absolute Gasteiger partial charge is 0.496 e. The smallest absolute Gasteiger partial charge is 0.255 e. The lowest BCUT2D eigenvalue weighted by molar-refractivity contribution is -0.131. The van der Waals surface area contributed by atoms with Crippen LogP contribution in [0.2, 0.25) is 0 Å². The first-order valence-corrected chi connectivity index (χ1v) is 6.43. The zero-order valence-electron chi connectivity index (χ0n) is 11.7. The van der Waals surface area contributed by atoms with Crippen LogP contribution in [0.1, 0.15) is 24.2 Å². The van der Waals surface area contributed by atoms with Gasteiger partial charge in [0.25, 0.3) is 6.43 Å². The van der Waals surface area contributed by atoms with Gasteiger partial charge in [0, 0.05) is 0 Å². The number of amides is 1. The number of rotatable bonds is 4. The van der Waals surface area contributed by atoms with Crippen molar-refractivity contribution in [2.24, 2.45) is 0 Å². The van der Waals surface area contributed by atoms with E-state index in [2.05, 4.69) is 5.32 Å². The molecule has 0 radical (unpaired) electrons. The molecule has 2 rings (SSSR count). The van der Waals surface area contributed by atoms with Gasteiger partial charge in [0.05, 0.1) is 19.7 Å². The van der Waals surface area contributed by atoms with Crippen molar-refractivity contribution in [2.75, 3.05) is 13.7 Å². The molecule has 1 aromatic carbocycles. The van der Waals surface area contributed by atoms with Crippen molar-refractivity contribution in [3.8, 4) is 5.75 Å². The van der Waals surface area contributed by atoms with Gasteiger partial charge in [0.1, 0.15) is 11.9 Å². The van der Waals surface area contributed by atoms with Crippen LogP contribution in [0.5, 0.6) is 5.75 Å². The lowest BCUT2D eigenvalue weighted by atomic mass is 10.1. The van der Waals surface area contributed by atoms with Crippen molar-refractivity contribution in [1.29, 1.82) is 0 Å². The van der Waals surface area contributed by atoms with E-state index in [1.54, 1.807) is 26.2 Å². The van der Waals surface area contributed by atoms with Gasteiger partial charge in [0.15, 0.2) is 0 Å². The van der Waals surface area contributed by atoms with Gasteiger partial charge in [-0.05, 0) is 37.1 Å². The summed E-state index contributed by atoms with van der Waals surface area (Å²) in [5.74, 6) is 0.426. The first kappa shape index (κ1) is 14.7. The van der Waals surface area contributed by atoms with Crippen LogP contribution in [0.3, 0.4) is 0 Å². The Morgan fingerprint density at radius 2 is 2.15 bits per heavy atom. The molecule has 0 saturated carbocycles. The molecule has 1 aliphatic rings. The summed E-state index contributed by atoms with van der Waals surface area (Å²) < 4.78 is 30.4. The topological polar surface area (TPSA) is 41.6 Å². The highest BCUT2D eigenvalue weighted by molar-refractivity contribution is 5.84. The molecule has 110 valence electrons. The lowest BCUT2D eigenvalue weighted by Crippen LogP contribution is -2.34. The van der Waals surface area contributed by atoms with Crippen molar-refractivity contribution in [3.05, 3.63) is 29.3 Å². The maximum Gasteiger partial charge on any atom is 0.255 e.